The van der Waals surface area contributed by atoms with Crippen LogP contribution in [0.25, 0.3) is 16.6 Å². The lowest BCUT2D eigenvalue weighted by Gasteiger charge is -2.30. The Kier molecular flexibility index (Phi) is 9.06. The smallest absolute Gasteiger partial charge is 0.380 e. The van der Waals surface area contributed by atoms with Gasteiger partial charge in [0, 0.05) is 16.7 Å². The van der Waals surface area contributed by atoms with E-state index in [1.165, 1.54) is 16.7 Å². The van der Waals surface area contributed by atoms with E-state index in [0.717, 1.165) is 15.7 Å². The summed E-state index contributed by atoms with van der Waals surface area (Å²) in [5.74, 6) is 0.0516. The number of benzene rings is 3. The fraction of sp³-hybridized carbons (Fsp3) is 0.276. The van der Waals surface area contributed by atoms with Crippen molar-refractivity contribution in [2.24, 2.45) is 0 Å². The third kappa shape index (κ3) is 6.67. The average Bonchev–Trinajstić information content (AvgIpc) is 2.91. The molecule has 0 saturated carbocycles. The van der Waals surface area contributed by atoms with Crippen molar-refractivity contribution in [3.63, 3.8) is 0 Å². The van der Waals surface area contributed by atoms with Crippen molar-refractivity contribution in [1.82, 2.24) is 14.5 Å². The summed E-state index contributed by atoms with van der Waals surface area (Å²) in [6.45, 7) is 4.55. The molecule has 1 atom stereocenters. The third-order valence-electron chi connectivity index (χ3n) is 6.37. The van der Waals surface area contributed by atoms with Crippen LogP contribution in [-0.2, 0) is 22.1 Å². The summed E-state index contributed by atoms with van der Waals surface area (Å²) < 4.78 is 47.0. The second kappa shape index (κ2) is 12.3. The van der Waals surface area contributed by atoms with E-state index in [0.29, 0.717) is 34.6 Å². The normalized spacial score (nSPS) is 12.5. The number of ether oxygens (including phenoxy) is 1. The molecule has 0 unspecified atom stereocenters. The number of hydrogen-bond donors (Lipinski definition) is 0. The Labute approximate surface area is 237 Å². The Morgan fingerprint density at radius 2 is 1.72 bits per heavy atom. The predicted molar refractivity (Wildman–Crippen MR) is 152 cm³/mol. The van der Waals surface area contributed by atoms with Crippen molar-refractivity contribution < 1.29 is 22.7 Å². The van der Waals surface area contributed by atoms with E-state index in [2.05, 4.69) is 22.6 Å². The van der Waals surface area contributed by atoms with E-state index in [4.69, 9.17) is 9.72 Å². The molecule has 3 aromatic carbocycles. The Hall–Kier alpha value is -3.25. The number of alkyl halides is 3. The van der Waals surface area contributed by atoms with E-state index in [-0.39, 0.29) is 31.0 Å². The second-order valence-corrected chi connectivity index (χ2v) is 10.2. The monoisotopic (exact) mass is 649 g/mol. The number of amides is 1. The standard InChI is InChI=1S/C29H27F3IN3O3/c1-3-39-17-16-35(26(37)18-20-8-10-21(11-9-20)29(30,31)32)19(2)27-34-25-7-5-4-6-24(25)28(38)36(27)23-14-12-22(33)13-15-23/h4-15,19H,3,16-18H2,1-2H3/t19-/m1/s1. The molecule has 0 aliphatic carbocycles. The highest BCUT2D eigenvalue weighted by Gasteiger charge is 2.31. The molecule has 0 saturated heterocycles. The molecule has 204 valence electrons. The number of aromatic nitrogens is 2. The van der Waals surface area contributed by atoms with Crippen LogP contribution in [0.15, 0.2) is 77.6 Å². The van der Waals surface area contributed by atoms with E-state index in [1.807, 2.05) is 31.2 Å². The maximum Gasteiger partial charge on any atom is 0.416 e. The van der Waals surface area contributed by atoms with Gasteiger partial charge in [0.2, 0.25) is 5.91 Å². The number of hydrogen-bond acceptors (Lipinski definition) is 4. The Bertz CT molecular complexity index is 1500. The number of halogens is 4. The molecule has 6 nitrogen and oxygen atoms in total. The number of carbonyl (C=O) groups is 1. The summed E-state index contributed by atoms with van der Waals surface area (Å²) in [6, 6.07) is 18.3. The molecule has 0 fully saturated rings. The molecule has 4 rings (SSSR count). The van der Waals surface area contributed by atoms with Crippen LogP contribution in [0.3, 0.4) is 0 Å². The largest absolute Gasteiger partial charge is 0.416 e. The van der Waals surface area contributed by atoms with Crippen LogP contribution < -0.4 is 5.56 Å². The van der Waals surface area contributed by atoms with Gasteiger partial charge in [-0.05, 0) is 90.5 Å². The maximum absolute atomic E-state index is 13.7. The molecule has 1 amide bonds. The lowest BCUT2D eigenvalue weighted by atomic mass is 10.1. The zero-order valence-corrected chi connectivity index (χ0v) is 23.6. The lowest BCUT2D eigenvalue weighted by Crippen LogP contribution is -2.40. The molecule has 0 aliphatic heterocycles. The lowest BCUT2D eigenvalue weighted by molar-refractivity contribution is -0.137. The number of rotatable bonds is 9. The minimum absolute atomic E-state index is 0.115. The van der Waals surface area contributed by atoms with E-state index in [9.17, 15) is 22.8 Å². The molecule has 0 spiro atoms. The van der Waals surface area contributed by atoms with Crippen molar-refractivity contribution in [2.45, 2.75) is 32.5 Å². The minimum Gasteiger partial charge on any atom is -0.380 e. The second-order valence-electron chi connectivity index (χ2n) is 8.94. The molecule has 1 aromatic heterocycles. The topological polar surface area (TPSA) is 64.4 Å². The Morgan fingerprint density at radius 1 is 1.05 bits per heavy atom. The third-order valence-corrected chi connectivity index (χ3v) is 7.08. The zero-order chi connectivity index (χ0) is 28.2. The van der Waals surface area contributed by atoms with Gasteiger partial charge in [0.05, 0.1) is 41.2 Å². The first-order valence-electron chi connectivity index (χ1n) is 12.4. The fourth-order valence-corrected chi connectivity index (χ4v) is 4.70. The highest BCUT2D eigenvalue weighted by Crippen LogP contribution is 2.29. The molecule has 0 bridgehead atoms. The van der Waals surface area contributed by atoms with Gasteiger partial charge in [0.15, 0.2) is 0 Å². The molecule has 4 aromatic rings. The number of para-hydroxylation sites is 1. The molecular formula is C29H27F3IN3O3. The zero-order valence-electron chi connectivity index (χ0n) is 21.4. The molecule has 39 heavy (non-hydrogen) atoms. The van der Waals surface area contributed by atoms with Crippen LogP contribution >= 0.6 is 22.6 Å². The van der Waals surface area contributed by atoms with Crippen molar-refractivity contribution >= 4 is 39.4 Å². The molecule has 0 radical (unpaired) electrons. The van der Waals surface area contributed by atoms with Crippen LogP contribution in [0.5, 0.6) is 0 Å². The van der Waals surface area contributed by atoms with Crippen molar-refractivity contribution in [3.8, 4) is 5.69 Å². The summed E-state index contributed by atoms with van der Waals surface area (Å²) in [5, 5.41) is 0.448. The number of carbonyl (C=O) groups excluding carboxylic acids is 1. The molecule has 0 N–H and O–H groups in total. The van der Waals surface area contributed by atoms with Crippen LogP contribution in [0.1, 0.15) is 36.8 Å². The van der Waals surface area contributed by atoms with Crippen LogP contribution in [0, 0.1) is 3.57 Å². The van der Waals surface area contributed by atoms with Gasteiger partial charge in [-0.3, -0.25) is 14.2 Å². The molecule has 1 heterocycles. The highest BCUT2D eigenvalue weighted by atomic mass is 127. The first kappa shape index (κ1) is 28.8. The van der Waals surface area contributed by atoms with Crippen molar-refractivity contribution in [1.29, 1.82) is 0 Å². The summed E-state index contributed by atoms with van der Waals surface area (Å²) in [4.78, 5) is 33.6. The van der Waals surface area contributed by atoms with Gasteiger partial charge in [0.25, 0.3) is 5.56 Å². The van der Waals surface area contributed by atoms with Crippen molar-refractivity contribution in [3.05, 3.63) is 104 Å². The number of nitrogens with zero attached hydrogens (tertiary/aromatic N) is 3. The first-order chi connectivity index (χ1) is 18.6. The highest BCUT2D eigenvalue weighted by molar-refractivity contribution is 14.1. The van der Waals surface area contributed by atoms with Gasteiger partial charge in [-0.25, -0.2) is 4.98 Å². The summed E-state index contributed by atoms with van der Waals surface area (Å²) in [6.07, 6.45) is -4.57. The van der Waals surface area contributed by atoms with Gasteiger partial charge in [0.1, 0.15) is 5.82 Å². The van der Waals surface area contributed by atoms with Gasteiger partial charge in [-0.2, -0.15) is 13.2 Å². The summed E-state index contributed by atoms with van der Waals surface area (Å²) in [7, 11) is 0. The summed E-state index contributed by atoms with van der Waals surface area (Å²) >= 11 is 2.18. The molecule has 10 heteroatoms. The van der Waals surface area contributed by atoms with E-state index < -0.39 is 17.8 Å². The Balaban J connectivity index is 1.76. The minimum atomic E-state index is -4.46. The van der Waals surface area contributed by atoms with Gasteiger partial charge >= 0.3 is 6.18 Å². The quantitative estimate of drug-likeness (QED) is 0.161. The van der Waals surface area contributed by atoms with E-state index in [1.54, 1.807) is 36.1 Å². The van der Waals surface area contributed by atoms with Gasteiger partial charge in [-0.1, -0.05) is 24.3 Å². The van der Waals surface area contributed by atoms with Crippen molar-refractivity contribution in [2.75, 3.05) is 19.8 Å². The molecule has 0 aliphatic rings. The van der Waals surface area contributed by atoms with Gasteiger partial charge < -0.3 is 9.64 Å². The summed E-state index contributed by atoms with van der Waals surface area (Å²) in [5.41, 5.74) is 0.528. The molecular weight excluding hydrogens is 622 g/mol. The van der Waals surface area contributed by atoms with Gasteiger partial charge in [-0.15, -0.1) is 0 Å². The van der Waals surface area contributed by atoms with E-state index >= 15 is 0 Å². The Morgan fingerprint density at radius 3 is 2.36 bits per heavy atom. The number of fused-ring (bicyclic) bond motifs is 1. The SMILES string of the molecule is CCOCCN(C(=O)Cc1ccc(C(F)(F)F)cc1)[C@H](C)c1nc2ccccc2c(=O)n1-c1ccc(I)cc1. The van der Waals surface area contributed by atoms with Crippen LogP contribution in [0.4, 0.5) is 13.2 Å². The average molecular weight is 649 g/mol. The van der Waals surface area contributed by atoms with Crippen LogP contribution in [-0.4, -0.2) is 40.1 Å². The fourth-order valence-electron chi connectivity index (χ4n) is 4.34. The maximum atomic E-state index is 13.7. The predicted octanol–water partition coefficient (Wildman–Crippen LogP) is 6.18. The first-order valence-corrected chi connectivity index (χ1v) is 13.5. The van der Waals surface area contributed by atoms with Crippen LogP contribution in [0.2, 0.25) is 0 Å².